The predicted molar refractivity (Wildman–Crippen MR) is 91.7 cm³/mol. The highest BCUT2D eigenvalue weighted by Gasteiger charge is 2.17. The number of rotatable bonds is 3. The van der Waals surface area contributed by atoms with E-state index in [-0.39, 0.29) is 6.04 Å². The molecule has 3 nitrogen and oxygen atoms in total. The van der Waals surface area contributed by atoms with Gasteiger partial charge in [0.05, 0.1) is 17.1 Å². The molecule has 102 valence electrons. The first-order valence-electron chi connectivity index (χ1n) is 6.68. The van der Waals surface area contributed by atoms with Gasteiger partial charge in [-0.25, -0.2) is 4.98 Å². The minimum Gasteiger partial charge on any atom is -0.369 e. The Morgan fingerprint density at radius 3 is 2.65 bits per heavy atom. The van der Waals surface area contributed by atoms with Crippen LogP contribution >= 0.6 is 22.6 Å². The molecule has 1 aromatic heterocycles. The smallest absolute Gasteiger partial charge is 0.201 e. The van der Waals surface area contributed by atoms with Crippen LogP contribution in [0.4, 0.5) is 5.95 Å². The molecule has 4 heteroatoms. The Labute approximate surface area is 132 Å². The third-order valence-electron chi connectivity index (χ3n) is 3.56. The molecular formula is C16H16IN3. The highest BCUT2D eigenvalue weighted by molar-refractivity contribution is 14.1. The van der Waals surface area contributed by atoms with Gasteiger partial charge in [-0.15, -0.1) is 0 Å². The molecule has 0 spiro atoms. The molecule has 0 saturated heterocycles. The van der Waals surface area contributed by atoms with Crippen LogP contribution in [0.2, 0.25) is 0 Å². The number of aromatic nitrogens is 2. The van der Waals surface area contributed by atoms with Crippen molar-refractivity contribution in [3.05, 3.63) is 57.7 Å². The van der Waals surface area contributed by atoms with Crippen LogP contribution in [0.25, 0.3) is 11.0 Å². The molecule has 0 radical (unpaired) electrons. The Morgan fingerprint density at radius 1 is 1.20 bits per heavy atom. The molecule has 0 fully saturated rings. The van der Waals surface area contributed by atoms with Crippen molar-refractivity contribution >= 4 is 39.6 Å². The minimum absolute atomic E-state index is 0.223. The van der Waals surface area contributed by atoms with E-state index in [1.807, 2.05) is 6.07 Å². The van der Waals surface area contributed by atoms with E-state index in [2.05, 4.69) is 81.5 Å². The zero-order valence-corrected chi connectivity index (χ0v) is 13.4. The highest BCUT2D eigenvalue weighted by Crippen LogP contribution is 2.30. The lowest BCUT2D eigenvalue weighted by molar-refractivity contribution is 0.589. The monoisotopic (exact) mass is 377 g/mol. The van der Waals surface area contributed by atoms with Gasteiger partial charge < -0.3 is 10.3 Å². The van der Waals surface area contributed by atoms with Crippen molar-refractivity contribution in [2.45, 2.75) is 19.4 Å². The fourth-order valence-electron chi connectivity index (χ4n) is 2.66. The predicted octanol–water partition coefficient (Wildman–Crippen LogP) is 4.22. The van der Waals surface area contributed by atoms with Crippen LogP contribution in [0.15, 0.2) is 48.5 Å². The first-order chi connectivity index (χ1) is 9.70. The maximum atomic E-state index is 6.17. The summed E-state index contributed by atoms with van der Waals surface area (Å²) in [4.78, 5) is 4.50. The molecule has 1 atom stereocenters. The molecule has 2 N–H and O–H groups in total. The van der Waals surface area contributed by atoms with Crippen molar-refractivity contribution in [2.75, 3.05) is 5.73 Å². The van der Waals surface area contributed by atoms with Gasteiger partial charge in [0.2, 0.25) is 5.95 Å². The third-order valence-corrected chi connectivity index (χ3v) is 4.23. The van der Waals surface area contributed by atoms with Gasteiger partial charge in [-0.1, -0.05) is 37.3 Å². The van der Waals surface area contributed by atoms with Crippen molar-refractivity contribution in [3.8, 4) is 0 Å². The molecule has 20 heavy (non-hydrogen) atoms. The van der Waals surface area contributed by atoms with E-state index in [1.54, 1.807) is 0 Å². The van der Waals surface area contributed by atoms with E-state index in [0.717, 1.165) is 17.5 Å². The number of nitrogen functional groups attached to an aromatic ring is 1. The topological polar surface area (TPSA) is 43.8 Å². The Kier molecular flexibility index (Phi) is 3.65. The van der Waals surface area contributed by atoms with Gasteiger partial charge in [0.25, 0.3) is 0 Å². The van der Waals surface area contributed by atoms with Gasteiger partial charge in [0.15, 0.2) is 0 Å². The van der Waals surface area contributed by atoms with Crippen LogP contribution < -0.4 is 5.73 Å². The summed E-state index contributed by atoms with van der Waals surface area (Å²) in [5.41, 5.74) is 9.49. The summed E-state index contributed by atoms with van der Waals surface area (Å²) in [5, 5.41) is 0. The number of fused-ring (bicyclic) bond motifs is 1. The standard InChI is InChI=1S/C16H16IN3/c1-2-14(11-6-4-3-5-7-11)20-15-9-8-12(17)10-13(15)19-16(20)18/h3-10,14H,2H2,1H3,(H2,18,19). The van der Waals surface area contributed by atoms with Gasteiger partial charge in [0.1, 0.15) is 0 Å². The third kappa shape index (κ3) is 2.28. The lowest BCUT2D eigenvalue weighted by Crippen LogP contribution is -2.12. The molecule has 0 saturated carbocycles. The van der Waals surface area contributed by atoms with Gasteiger partial charge >= 0.3 is 0 Å². The first-order valence-corrected chi connectivity index (χ1v) is 7.76. The zero-order chi connectivity index (χ0) is 14.1. The maximum Gasteiger partial charge on any atom is 0.201 e. The second kappa shape index (κ2) is 5.44. The number of anilines is 1. The van der Waals surface area contributed by atoms with Crippen molar-refractivity contribution in [1.82, 2.24) is 9.55 Å². The molecule has 0 amide bonds. The summed E-state index contributed by atoms with van der Waals surface area (Å²) in [6.07, 6.45) is 0.978. The molecule has 1 unspecified atom stereocenters. The molecule has 2 aromatic carbocycles. The van der Waals surface area contributed by atoms with Crippen molar-refractivity contribution in [1.29, 1.82) is 0 Å². The average Bonchev–Trinajstić information content (AvgIpc) is 2.77. The molecule has 0 aliphatic carbocycles. The molecule has 1 heterocycles. The molecule has 0 aliphatic heterocycles. The van der Waals surface area contributed by atoms with Gasteiger partial charge in [-0.3, -0.25) is 0 Å². The Hall–Kier alpha value is -1.56. The first kappa shape index (κ1) is 13.4. The summed E-state index contributed by atoms with van der Waals surface area (Å²) in [6, 6.07) is 16.9. The number of halogens is 1. The Morgan fingerprint density at radius 2 is 1.95 bits per heavy atom. The Bertz CT molecular complexity index is 734. The van der Waals surface area contributed by atoms with Crippen LogP contribution in [0.1, 0.15) is 24.9 Å². The number of nitrogens with two attached hydrogens (primary N) is 1. The largest absolute Gasteiger partial charge is 0.369 e. The van der Waals surface area contributed by atoms with E-state index >= 15 is 0 Å². The van der Waals surface area contributed by atoms with E-state index in [1.165, 1.54) is 9.13 Å². The van der Waals surface area contributed by atoms with Crippen LogP contribution in [0.5, 0.6) is 0 Å². The number of hydrogen-bond acceptors (Lipinski definition) is 2. The quantitative estimate of drug-likeness (QED) is 0.695. The SMILES string of the molecule is CCC(c1ccccc1)n1c(N)nc2cc(I)ccc21. The van der Waals surface area contributed by atoms with Gasteiger partial charge in [-0.2, -0.15) is 0 Å². The fourth-order valence-corrected chi connectivity index (χ4v) is 3.14. The fraction of sp³-hybridized carbons (Fsp3) is 0.188. The normalized spacial score (nSPS) is 12.7. The molecule has 3 aromatic rings. The number of benzene rings is 2. The lowest BCUT2D eigenvalue weighted by Gasteiger charge is -2.19. The van der Waals surface area contributed by atoms with E-state index in [4.69, 9.17) is 5.73 Å². The van der Waals surface area contributed by atoms with Gasteiger partial charge in [-0.05, 0) is 52.8 Å². The molecule has 0 aliphatic rings. The zero-order valence-electron chi connectivity index (χ0n) is 11.3. The lowest BCUT2D eigenvalue weighted by atomic mass is 10.0. The maximum absolute atomic E-state index is 6.17. The van der Waals surface area contributed by atoms with Crippen LogP contribution in [-0.2, 0) is 0 Å². The summed E-state index contributed by atoms with van der Waals surface area (Å²) in [6.45, 7) is 2.18. The van der Waals surface area contributed by atoms with E-state index < -0.39 is 0 Å². The minimum atomic E-state index is 0.223. The van der Waals surface area contributed by atoms with Crippen molar-refractivity contribution in [3.63, 3.8) is 0 Å². The average molecular weight is 377 g/mol. The number of imidazole rings is 1. The number of hydrogen-bond donors (Lipinski definition) is 1. The molecular weight excluding hydrogens is 361 g/mol. The summed E-state index contributed by atoms with van der Waals surface area (Å²) < 4.78 is 3.31. The van der Waals surface area contributed by atoms with Crippen LogP contribution in [-0.4, -0.2) is 9.55 Å². The van der Waals surface area contributed by atoms with Crippen LogP contribution in [0, 0.1) is 3.57 Å². The second-order valence-electron chi connectivity index (χ2n) is 4.81. The highest BCUT2D eigenvalue weighted by atomic mass is 127. The van der Waals surface area contributed by atoms with Crippen molar-refractivity contribution in [2.24, 2.45) is 0 Å². The summed E-state index contributed by atoms with van der Waals surface area (Å²) in [7, 11) is 0. The van der Waals surface area contributed by atoms with E-state index in [9.17, 15) is 0 Å². The number of nitrogens with zero attached hydrogens (tertiary/aromatic N) is 2. The van der Waals surface area contributed by atoms with Crippen LogP contribution in [0.3, 0.4) is 0 Å². The summed E-state index contributed by atoms with van der Waals surface area (Å²) >= 11 is 2.30. The Balaban J connectivity index is 2.19. The van der Waals surface area contributed by atoms with Crippen molar-refractivity contribution < 1.29 is 0 Å². The van der Waals surface area contributed by atoms with E-state index in [0.29, 0.717) is 5.95 Å². The second-order valence-corrected chi connectivity index (χ2v) is 6.05. The van der Waals surface area contributed by atoms with Gasteiger partial charge in [0, 0.05) is 3.57 Å². The molecule has 3 rings (SSSR count). The summed E-state index contributed by atoms with van der Waals surface area (Å²) in [5.74, 6) is 0.581. The molecule has 0 bridgehead atoms.